The van der Waals surface area contributed by atoms with Crippen molar-refractivity contribution in [2.45, 2.75) is 26.8 Å². The summed E-state index contributed by atoms with van der Waals surface area (Å²) in [6, 6.07) is 8.66. The summed E-state index contributed by atoms with van der Waals surface area (Å²) in [6.45, 7) is 8.69. The molecular weight excluding hydrogens is 210 g/mol. The fourth-order valence-corrected chi connectivity index (χ4v) is 1.82. The number of ether oxygens (including phenoxy) is 1. The van der Waals surface area contributed by atoms with Crippen molar-refractivity contribution in [2.75, 3.05) is 20.2 Å². The average Bonchev–Trinajstić information content (AvgIpc) is 2.34. The van der Waals surface area contributed by atoms with Gasteiger partial charge in [-0.25, -0.2) is 0 Å². The van der Waals surface area contributed by atoms with Crippen LogP contribution in [0.25, 0.3) is 6.08 Å². The van der Waals surface area contributed by atoms with E-state index < -0.39 is 0 Å². The highest BCUT2D eigenvalue weighted by atomic mass is 16.5. The minimum atomic E-state index is 0.585. The molecule has 1 rings (SSSR count). The van der Waals surface area contributed by atoms with E-state index in [2.05, 4.69) is 43.9 Å². The lowest BCUT2D eigenvalue weighted by Crippen LogP contribution is -2.30. The molecule has 17 heavy (non-hydrogen) atoms. The van der Waals surface area contributed by atoms with Crippen LogP contribution >= 0.6 is 0 Å². The van der Waals surface area contributed by atoms with E-state index >= 15 is 0 Å². The maximum atomic E-state index is 5.31. The van der Waals surface area contributed by atoms with E-state index in [1.165, 1.54) is 0 Å². The van der Waals surface area contributed by atoms with Gasteiger partial charge in [-0.05, 0) is 26.5 Å². The minimum Gasteiger partial charge on any atom is -0.496 e. The van der Waals surface area contributed by atoms with Gasteiger partial charge in [-0.3, -0.25) is 4.90 Å². The number of benzene rings is 1. The Morgan fingerprint density at radius 3 is 2.59 bits per heavy atom. The first-order valence-electron chi connectivity index (χ1n) is 6.22. The Balaban J connectivity index is 2.64. The van der Waals surface area contributed by atoms with Gasteiger partial charge in [0, 0.05) is 18.2 Å². The largest absolute Gasteiger partial charge is 0.496 e. The zero-order chi connectivity index (χ0) is 12.7. The molecule has 0 aromatic heterocycles. The molecule has 0 aliphatic heterocycles. The standard InChI is InChI=1S/C15H23NO/c1-5-16(13(2)3)12-8-10-14-9-6-7-11-15(14)17-4/h6-11,13H,5,12H2,1-4H3/b10-8+. The summed E-state index contributed by atoms with van der Waals surface area (Å²) < 4.78 is 5.31. The first-order chi connectivity index (χ1) is 8.19. The van der Waals surface area contributed by atoms with E-state index in [-0.39, 0.29) is 0 Å². The molecule has 0 saturated carbocycles. The Bertz CT molecular complexity index is 358. The molecule has 0 unspecified atom stereocenters. The lowest BCUT2D eigenvalue weighted by Gasteiger charge is -2.22. The number of hydrogen-bond acceptors (Lipinski definition) is 2. The van der Waals surface area contributed by atoms with E-state index in [1.54, 1.807) is 7.11 Å². The quantitative estimate of drug-likeness (QED) is 0.746. The molecule has 2 heteroatoms. The second-order valence-electron chi connectivity index (χ2n) is 4.33. The second-order valence-corrected chi connectivity index (χ2v) is 4.33. The molecule has 2 nitrogen and oxygen atoms in total. The molecule has 1 aromatic carbocycles. The van der Waals surface area contributed by atoms with Gasteiger partial charge in [0.25, 0.3) is 0 Å². The molecule has 0 spiro atoms. The number of rotatable bonds is 6. The molecule has 0 N–H and O–H groups in total. The Labute approximate surface area is 105 Å². The Kier molecular flexibility index (Phi) is 5.78. The van der Waals surface area contributed by atoms with Crippen molar-refractivity contribution in [3.05, 3.63) is 35.9 Å². The summed E-state index contributed by atoms with van der Waals surface area (Å²) in [5.41, 5.74) is 1.13. The molecule has 0 radical (unpaired) electrons. The van der Waals surface area contributed by atoms with Crippen LogP contribution in [-0.2, 0) is 0 Å². The van der Waals surface area contributed by atoms with Gasteiger partial charge >= 0.3 is 0 Å². The fraction of sp³-hybridized carbons (Fsp3) is 0.467. The molecule has 0 fully saturated rings. The highest BCUT2D eigenvalue weighted by Crippen LogP contribution is 2.18. The molecule has 94 valence electrons. The highest BCUT2D eigenvalue weighted by molar-refractivity contribution is 5.57. The van der Waals surface area contributed by atoms with Crippen LogP contribution in [0.5, 0.6) is 5.75 Å². The maximum absolute atomic E-state index is 5.31. The topological polar surface area (TPSA) is 12.5 Å². The number of hydrogen-bond donors (Lipinski definition) is 0. The smallest absolute Gasteiger partial charge is 0.126 e. The zero-order valence-corrected chi connectivity index (χ0v) is 11.3. The third kappa shape index (κ3) is 4.23. The van der Waals surface area contributed by atoms with Crippen molar-refractivity contribution in [3.63, 3.8) is 0 Å². The average molecular weight is 233 g/mol. The van der Waals surface area contributed by atoms with Crippen LogP contribution in [0.2, 0.25) is 0 Å². The Hall–Kier alpha value is -1.28. The van der Waals surface area contributed by atoms with Gasteiger partial charge < -0.3 is 4.74 Å². The molecule has 0 atom stereocenters. The summed E-state index contributed by atoms with van der Waals surface area (Å²) in [7, 11) is 1.71. The first-order valence-corrected chi connectivity index (χ1v) is 6.22. The van der Waals surface area contributed by atoms with Crippen molar-refractivity contribution < 1.29 is 4.74 Å². The predicted octanol–water partition coefficient (Wildman–Crippen LogP) is 3.44. The SMILES string of the molecule is CCN(C/C=C/c1ccccc1OC)C(C)C. The lowest BCUT2D eigenvalue weighted by atomic mass is 10.2. The van der Waals surface area contributed by atoms with Gasteiger partial charge in [0.1, 0.15) is 5.75 Å². The van der Waals surface area contributed by atoms with Crippen LogP contribution in [0.3, 0.4) is 0 Å². The zero-order valence-electron chi connectivity index (χ0n) is 11.3. The fourth-order valence-electron chi connectivity index (χ4n) is 1.82. The monoisotopic (exact) mass is 233 g/mol. The summed E-state index contributed by atoms with van der Waals surface area (Å²) >= 11 is 0. The molecule has 0 heterocycles. The van der Waals surface area contributed by atoms with Crippen molar-refractivity contribution in [2.24, 2.45) is 0 Å². The third-order valence-electron chi connectivity index (χ3n) is 2.91. The van der Waals surface area contributed by atoms with Crippen LogP contribution in [-0.4, -0.2) is 31.1 Å². The van der Waals surface area contributed by atoms with Crippen LogP contribution in [0.1, 0.15) is 26.3 Å². The van der Waals surface area contributed by atoms with Gasteiger partial charge in [-0.2, -0.15) is 0 Å². The van der Waals surface area contributed by atoms with Gasteiger partial charge in [0.2, 0.25) is 0 Å². The Morgan fingerprint density at radius 2 is 2.00 bits per heavy atom. The summed E-state index contributed by atoms with van der Waals surface area (Å²) in [6.07, 6.45) is 4.32. The number of likely N-dealkylation sites (N-methyl/N-ethyl adjacent to an activating group) is 1. The van der Waals surface area contributed by atoms with Gasteiger partial charge in [0.15, 0.2) is 0 Å². The van der Waals surface area contributed by atoms with E-state index in [0.717, 1.165) is 24.4 Å². The first kappa shape index (κ1) is 13.8. The molecule has 0 saturated heterocycles. The van der Waals surface area contributed by atoms with Crippen LogP contribution in [0, 0.1) is 0 Å². The summed E-state index contributed by atoms with van der Waals surface area (Å²) in [5.74, 6) is 0.927. The van der Waals surface area contributed by atoms with Crippen LogP contribution in [0.15, 0.2) is 30.3 Å². The van der Waals surface area contributed by atoms with Crippen LogP contribution < -0.4 is 4.74 Å². The number of methoxy groups -OCH3 is 1. The van der Waals surface area contributed by atoms with Crippen LogP contribution in [0.4, 0.5) is 0 Å². The number of para-hydroxylation sites is 1. The van der Waals surface area contributed by atoms with E-state index in [1.807, 2.05) is 18.2 Å². The van der Waals surface area contributed by atoms with E-state index in [4.69, 9.17) is 4.74 Å². The molecule has 1 aromatic rings. The molecular formula is C15H23NO. The molecule has 0 aliphatic rings. The van der Waals surface area contributed by atoms with Gasteiger partial charge in [-0.1, -0.05) is 37.3 Å². The highest BCUT2D eigenvalue weighted by Gasteiger charge is 2.03. The van der Waals surface area contributed by atoms with Gasteiger partial charge in [-0.15, -0.1) is 0 Å². The lowest BCUT2D eigenvalue weighted by molar-refractivity contribution is 0.260. The van der Waals surface area contributed by atoms with E-state index in [9.17, 15) is 0 Å². The van der Waals surface area contributed by atoms with Crippen molar-refractivity contribution in [1.29, 1.82) is 0 Å². The minimum absolute atomic E-state index is 0.585. The Morgan fingerprint density at radius 1 is 1.29 bits per heavy atom. The third-order valence-corrected chi connectivity index (χ3v) is 2.91. The molecule has 0 aliphatic carbocycles. The maximum Gasteiger partial charge on any atom is 0.126 e. The molecule has 0 bridgehead atoms. The van der Waals surface area contributed by atoms with Crippen molar-refractivity contribution in [3.8, 4) is 5.75 Å². The molecule has 0 amide bonds. The second kappa shape index (κ2) is 7.13. The van der Waals surface area contributed by atoms with E-state index in [0.29, 0.717) is 6.04 Å². The van der Waals surface area contributed by atoms with Crippen molar-refractivity contribution >= 4 is 6.08 Å². The normalized spacial score (nSPS) is 11.6. The van der Waals surface area contributed by atoms with Gasteiger partial charge in [0.05, 0.1) is 7.11 Å². The van der Waals surface area contributed by atoms with Crippen molar-refractivity contribution in [1.82, 2.24) is 4.90 Å². The summed E-state index contributed by atoms with van der Waals surface area (Å²) in [5, 5.41) is 0. The summed E-state index contributed by atoms with van der Waals surface area (Å²) in [4.78, 5) is 2.41. The predicted molar refractivity (Wildman–Crippen MR) is 74.4 cm³/mol. The number of nitrogens with zero attached hydrogens (tertiary/aromatic N) is 1.